The van der Waals surface area contributed by atoms with E-state index in [4.69, 9.17) is 9.52 Å². The average Bonchev–Trinajstić information content (AvgIpc) is 2.63. The Morgan fingerprint density at radius 2 is 2.28 bits per heavy atom. The van der Waals surface area contributed by atoms with Gasteiger partial charge in [0.2, 0.25) is 0 Å². The van der Waals surface area contributed by atoms with Crippen molar-refractivity contribution in [2.75, 3.05) is 0 Å². The van der Waals surface area contributed by atoms with E-state index in [9.17, 15) is 9.59 Å². The Balaban J connectivity index is 2.78. The number of halogens is 1. The number of carbonyl (C=O) groups excluding carboxylic acids is 1. The molecule has 1 atom stereocenters. The van der Waals surface area contributed by atoms with Crippen LogP contribution >= 0.6 is 15.9 Å². The van der Waals surface area contributed by atoms with E-state index in [0.717, 1.165) is 0 Å². The Hall–Kier alpha value is -1.56. The van der Waals surface area contributed by atoms with Crippen molar-refractivity contribution in [3.63, 3.8) is 0 Å². The van der Waals surface area contributed by atoms with Crippen molar-refractivity contribution >= 4 is 27.8 Å². The molecule has 0 bridgehead atoms. The molecule has 0 aliphatic rings. The molecule has 98 valence electrons. The van der Waals surface area contributed by atoms with E-state index in [-0.39, 0.29) is 12.2 Å². The Bertz CT molecular complexity index is 478. The van der Waals surface area contributed by atoms with E-state index >= 15 is 0 Å². The number of hydrogen-bond acceptors (Lipinski definition) is 3. The van der Waals surface area contributed by atoms with Crippen LogP contribution in [0.2, 0.25) is 0 Å². The van der Waals surface area contributed by atoms with Crippen molar-refractivity contribution < 1.29 is 19.1 Å². The van der Waals surface area contributed by atoms with Gasteiger partial charge < -0.3 is 14.8 Å². The molecule has 0 spiro atoms. The molecule has 0 aromatic carbocycles. The molecule has 1 heterocycles. The summed E-state index contributed by atoms with van der Waals surface area (Å²) in [5.74, 6) is -1.49. The summed E-state index contributed by atoms with van der Waals surface area (Å²) in [7, 11) is 0. The third-order valence-electron chi connectivity index (χ3n) is 2.30. The Labute approximate surface area is 113 Å². The summed E-state index contributed by atoms with van der Waals surface area (Å²) in [6, 6.07) is 0.688. The van der Waals surface area contributed by atoms with E-state index in [0.29, 0.717) is 10.2 Å². The number of carbonyl (C=O) groups is 2. The Kier molecular flexibility index (Phi) is 5.15. The zero-order chi connectivity index (χ0) is 13.7. The highest BCUT2D eigenvalue weighted by molar-refractivity contribution is 9.10. The van der Waals surface area contributed by atoms with Gasteiger partial charge in [-0.1, -0.05) is 12.2 Å². The van der Waals surface area contributed by atoms with Gasteiger partial charge in [-0.15, -0.1) is 0 Å². The van der Waals surface area contributed by atoms with Crippen LogP contribution in [0.15, 0.2) is 27.3 Å². The molecule has 1 rings (SSSR count). The number of rotatable bonds is 5. The topological polar surface area (TPSA) is 79.5 Å². The molecule has 5 nitrogen and oxygen atoms in total. The second-order valence-corrected chi connectivity index (χ2v) is 4.51. The van der Waals surface area contributed by atoms with Crippen LogP contribution in [0.1, 0.15) is 29.5 Å². The summed E-state index contributed by atoms with van der Waals surface area (Å²) in [5.41, 5.74) is 0.648. The molecule has 1 aromatic rings. The maximum atomic E-state index is 11.8. The molecule has 1 unspecified atom stereocenters. The number of furan rings is 1. The van der Waals surface area contributed by atoms with Gasteiger partial charge in [-0.05, 0) is 42.3 Å². The lowest BCUT2D eigenvalue weighted by atomic mass is 10.2. The summed E-state index contributed by atoms with van der Waals surface area (Å²) >= 11 is 3.11. The van der Waals surface area contributed by atoms with E-state index < -0.39 is 17.9 Å². The van der Waals surface area contributed by atoms with Crippen LogP contribution in [0.5, 0.6) is 0 Å². The highest BCUT2D eigenvalue weighted by atomic mass is 79.9. The highest BCUT2D eigenvalue weighted by Crippen LogP contribution is 2.19. The first-order chi connectivity index (χ1) is 8.45. The lowest BCUT2D eigenvalue weighted by Gasteiger charge is -2.11. The van der Waals surface area contributed by atoms with E-state index in [2.05, 4.69) is 21.2 Å². The minimum absolute atomic E-state index is 0.119. The molecule has 2 N–H and O–H groups in total. The summed E-state index contributed by atoms with van der Waals surface area (Å²) < 4.78 is 5.59. The minimum Gasteiger partial charge on any atom is -0.480 e. The highest BCUT2D eigenvalue weighted by Gasteiger charge is 2.22. The number of aliphatic carboxylic acids is 1. The molecular formula is C12H14BrNO4. The summed E-state index contributed by atoms with van der Waals surface area (Å²) in [6.45, 7) is 3.50. The Morgan fingerprint density at radius 1 is 1.61 bits per heavy atom. The third kappa shape index (κ3) is 3.73. The number of carboxylic acids is 1. The number of aryl methyl sites for hydroxylation is 1. The van der Waals surface area contributed by atoms with Crippen LogP contribution in [0.3, 0.4) is 0 Å². The third-order valence-corrected chi connectivity index (χ3v) is 2.70. The van der Waals surface area contributed by atoms with Crippen molar-refractivity contribution in [3.05, 3.63) is 34.2 Å². The second-order valence-electron chi connectivity index (χ2n) is 3.73. The van der Waals surface area contributed by atoms with Gasteiger partial charge in [-0.25, -0.2) is 4.79 Å². The van der Waals surface area contributed by atoms with Crippen LogP contribution in [0.25, 0.3) is 0 Å². The van der Waals surface area contributed by atoms with Crippen molar-refractivity contribution in [1.82, 2.24) is 5.32 Å². The van der Waals surface area contributed by atoms with Crippen molar-refractivity contribution in [2.45, 2.75) is 26.3 Å². The molecule has 0 saturated carbocycles. The van der Waals surface area contributed by atoms with Crippen LogP contribution in [-0.2, 0) is 4.79 Å². The van der Waals surface area contributed by atoms with Gasteiger partial charge in [-0.3, -0.25) is 4.79 Å². The summed E-state index contributed by atoms with van der Waals surface area (Å²) in [4.78, 5) is 22.8. The van der Waals surface area contributed by atoms with Crippen molar-refractivity contribution in [3.8, 4) is 0 Å². The van der Waals surface area contributed by atoms with Crippen molar-refractivity contribution in [2.24, 2.45) is 0 Å². The number of hydrogen-bond donors (Lipinski definition) is 2. The van der Waals surface area contributed by atoms with Gasteiger partial charge in [0.25, 0.3) is 5.91 Å². The molecule has 1 aromatic heterocycles. The lowest BCUT2D eigenvalue weighted by Crippen LogP contribution is -2.40. The zero-order valence-electron chi connectivity index (χ0n) is 10.1. The first-order valence-electron chi connectivity index (χ1n) is 5.36. The van der Waals surface area contributed by atoms with Gasteiger partial charge in [0.1, 0.15) is 6.04 Å². The van der Waals surface area contributed by atoms with Gasteiger partial charge in [0.15, 0.2) is 10.4 Å². The first kappa shape index (κ1) is 14.5. The summed E-state index contributed by atoms with van der Waals surface area (Å²) in [6.07, 6.45) is 3.65. The smallest absolute Gasteiger partial charge is 0.326 e. The average molecular weight is 316 g/mol. The lowest BCUT2D eigenvalue weighted by molar-refractivity contribution is -0.139. The van der Waals surface area contributed by atoms with Gasteiger partial charge >= 0.3 is 5.97 Å². The fourth-order valence-corrected chi connectivity index (χ4v) is 1.89. The SMILES string of the molecule is C/C=C/CC(NC(=O)c1oc(Br)cc1C)C(=O)O. The maximum Gasteiger partial charge on any atom is 0.326 e. The molecule has 6 heteroatoms. The number of carboxylic acid groups (broad SMARTS) is 1. The fourth-order valence-electron chi connectivity index (χ4n) is 1.39. The molecule has 0 fully saturated rings. The predicted molar refractivity (Wildman–Crippen MR) is 69.5 cm³/mol. The number of amides is 1. The quantitative estimate of drug-likeness (QED) is 0.818. The molecule has 0 aliphatic carbocycles. The van der Waals surface area contributed by atoms with Gasteiger partial charge in [-0.2, -0.15) is 0 Å². The standard InChI is InChI=1S/C12H14BrNO4/c1-3-4-5-8(12(16)17)14-11(15)10-7(2)6-9(13)18-10/h3-4,6,8H,5H2,1-2H3,(H,14,15)(H,16,17)/b4-3+. The maximum absolute atomic E-state index is 11.8. The zero-order valence-corrected chi connectivity index (χ0v) is 11.7. The summed E-state index contributed by atoms with van der Waals surface area (Å²) in [5, 5.41) is 11.4. The van der Waals surface area contributed by atoms with Crippen LogP contribution in [-0.4, -0.2) is 23.0 Å². The normalized spacial score (nSPS) is 12.6. The first-order valence-corrected chi connectivity index (χ1v) is 6.15. The van der Waals surface area contributed by atoms with Crippen molar-refractivity contribution in [1.29, 1.82) is 0 Å². The monoisotopic (exact) mass is 315 g/mol. The van der Waals surface area contributed by atoms with Crippen LogP contribution < -0.4 is 5.32 Å². The molecular weight excluding hydrogens is 302 g/mol. The number of allylic oxidation sites excluding steroid dienone is 1. The second kappa shape index (κ2) is 6.39. The van der Waals surface area contributed by atoms with E-state index in [1.165, 1.54) is 0 Å². The molecule has 0 radical (unpaired) electrons. The predicted octanol–water partition coefficient (Wildman–Crippen LogP) is 2.50. The van der Waals surface area contributed by atoms with Crippen LogP contribution in [0, 0.1) is 6.92 Å². The number of nitrogens with one attached hydrogen (secondary N) is 1. The van der Waals surface area contributed by atoms with Gasteiger partial charge in [0.05, 0.1) is 0 Å². The Morgan fingerprint density at radius 3 is 2.72 bits per heavy atom. The van der Waals surface area contributed by atoms with E-state index in [1.54, 1.807) is 32.1 Å². The fraction of sp³-hybridized carbons (Fsp3) is 0.333. The minimum atomic E-state index is -1.08. The van der Waals surface area contributed by atoms with E-state index in [1.807, 2.05) is 0 Å². The van der Waals surface area contributed by atoms with Crippen LogP contribution in [0.4, 0.5) is 0 Å². The largest absolute Gasteiger partial charge is 0.480 e. The molecule has 0 saturated heterocycles. The molecule has 18 heavy (non-hydrogen) atoms. The van der Waals surface area contributed by atoms with Gasteiger partial charge in [0, 0.05) is 5.56 Å². The molecule has 1 amide bonds. The molecule has 0 aliphatic heterocycles.